The number of benzene rings is 3. The van der Waals surface area contributed by atoms with E-state index in [0.717, 1.165) is 39.9 Å². The third-order valence-corrected chi connectivity index (χ3v) is 7.77. The van der Waals surface area contributed by atoms with E-state index in [-0.39, 0.29) is 11.3 Å². The van der Waals surface area contributed by atoms with Crippen LogP contribution in [0.5, 0.6) is 0 Å². The molecular weight excluding hydrogens is 491 g/mol. The number of carbonyl (C=O) groups excluding carboxylic acids is 2. The highest BCUT2D eigenvalue weighted by atomic mass is 32.2. The molecule has 3 aromatic carbocycles. The smallest absolute Gasteiger partial charge is 0.348 e. The topological polar surface area (TPSA) is 102 Å². The van der Waals surface area contributed by atoms with Crippen molar-refractivity contribution in [2.24, 2.45) is 0 Å². The van der Waals surface area contributed by atoms with Crippen LogP contribution in [0.2, 0.25) is 0 Å². The summed E-state index contributed by atoms with van der Waals surface area (Å²) < 4.78 is 47.1. The van der Waals surface area contributed by atoms with Gasteiger partial charge in [-0.1, -0.05) is 30.3 Å². The molecule has 180 valence electrons. The van der Waals surface area contributed by atoms with Gasteiger partial charge in [-0.3, -0.25) is 4.79 Å². The molecule has 0 bridgehead atoms. The van der Waals surface area contributed by atoms with Crippen LogP contribution in [-0.4, -0.2) is 33.4 Å². The second-order valence-corrected chi connectivity index (χ2v) is 10.5. The summed E-state index contributed by atoms with van der Waals surface area (Å²) >= 11 is 1.27. The summed E-state index contributed by atoms with van der Waals surface area (Å²) in [5, 5.41) is 3.49. The fourth-order valence-corrected chi connectivity index (χ4v) is 5.62. The molecule has 0 aliphatic rings. The van der Waals surface area contributed by atoms with Crippen LogP contribution in [0.1, 0.15) is 15.2 Å². The molecule has 0 radical (unpaired) electrons. The molecule has 0 unspecified atom stereocenters. The quantitative estimate of drug-likeness (QED) is 0.342. The molecule has 0 spiro atoms. The van der Waals surface area contributed by atoms with Gasteiger partial charge < -0.3 is 10.1 Å². The fraction of sp³-hybridized carbons (Fsp3) is 0.120. The number of esters is 1. The summed E-state index contributed by atoms with van der Waals surface area (Å²) in [4.78, 5) is 25.3. The van der Waals surface area contributed by atoms with E-state index in [2.05, 4.69) is 10.0 Å². The molecule has 1 heterocycles. The van der Waals surface area contributed by atoms with Gasteiger partial charge in [0.2, 0.25) is 15.9 Å². The van der Waals surface area contributed by atoms with Crippen LogP contribution in [0.3, 0.4) is 0 Å². The van der Waals surface area contributed by atoms with E-state index in [0.29, 0.717) is 10.6 Å². The van der Waals surface area contributed by atoms with Crippen molar-refractivity contribution in [1.82, 2.24) is 4.72 Å². The predicted molar refractivity (Wildman–Crippen MR) is 132 cm³/mol. The molecule has 0 aliphatic heterocycles. The summed E-state index contributed by atoms with van der Waals surface area (Å²) in [7, 11) is -2.80. The molecule has 7 nitrogen and oxygen atoms in total. The summed E-state index contributed by atoms with van der Waals surface area (Å²) in [6.45, 7) is 0. The monoisotopic (exact) mass is 512 g/mol. The maximum Gasteiger partial charge on any atom is 0.348 e. The molecule has 10 heteroatoms. The molecule has 35 heavy (non-hydrogen) atoms. The molecule has 0 saturated carbocycles. The van der Waals surface area contributed by atoms with Gasteiger partial charge in [-0.15, -0.1) is 11.3 Å². The van der Waals surface area contributed by atoms with Crippen molar-refractivity contribution < 1.29 is 27.1 Å². The number of rotatable bonds is 8. The number of hydrogen-bond acceptors (Lipinski definition) is 6. The van der Waals surface area contributed by atoms with Crippen molar-refractivity contribution in [2.45, 2.75) is 17.4 Å². The summed E-state index contributed by atoms with van der Waals surface area (Å²) in [6.07, 6.45) is 0.0975. The number of anilines is 1. The molecule has 4 aromatic rings. The number of halogens is 1. The van der Waals surface area contributed by atoms with E-state index < -0.39 is 33.8 Å². The lowest BCUT2D eigenvalue weighted by Gasteiger charge is -2.19. The normalized spacial score (nSPS) is 12.3. The zero-order chi connectivity index (χ0) is 25.0. The Hall–Kier alpha value is -3.60. The first-order valence-electron chi connectivity index (χ1n) is 10.5. The molecule has 1 atom stereocenters. The summed E-state index contributed by atoms with van der Waals surface area (Å²) in [5.74, 6) is -1.58. The van der Waals surface area contributed by atoms with E-state index >= 15 is 0 Å². The Labute approximate surface area is 205 Å². The van der Waals surface area contributed by atoms with E-state index in [1.54, 1.807) is 48.5 Å². The molecular formula is C25H21FN2O5S2. The van der Waals surface area contributed by atoms with Crippen molar-refractivity contribution in [2.75, 3.05) is 12.4 Å². The molecule has 2 N–H and O–H groups in total. The average Bonchev–Trinajstić information content (AvgIpc) is 3.27. The molecule has 1 amide bonds. The van der Waals surface area contributed by atoms with Crippen LogP contribution in [-0.2, 0) is 26.0 Å². The Morgan fingerprint density at radius 3 is 2.40 bits per heavy atom. The Morgan fingerprint density at radius 1 is 1.00 bits per heavy atom. The van der Waals surface area contributed by atoms with Gasteiger partial charge in [0.15, 0.2) is 0 Å². The maximum absolute atomic E-state index is 13.3. The number of amides is 1. The largest absolute Gasteiger partial charge is 0.465 e. The number of fused-ring (bicyclic) bond motifs is 1. The van der Waals surface area contributed by atoms with Gasteiger partial charge in [0.1, 0.15) is 16.7 Å². The predicted octanol–water partition coefficient (Wildman–Crippen LogP) is 4.36. The Morgan fingerprint density at radius 2 is 1.71 bits per heavy atom. The number of ether oxygens (including phenoxy) is 1. The standard InChI is InChI=1S/C25H21FN2O5S2/c1-33-25(30)23-15-17-14-19(9-12-22(17)34-23)27-24(29)21(13-16-5-3-2-4-6-16)28-35(31,32)20-10-7-18(26)8-11-20/h2-12,14-15,21,28H,13H2,1H3,(H,27,29)/t21-/m1/s1. The average molecular weight is 513 g/mol. The minimum absolute atomic E-state index is 0.0975. The SMILES string of the molecule is COC(=O)c1cc2cc(NC(=O)[C@@H](Cc3ccccc3)NS(=O)(=O)c3ccc(F)cc3)ccc2s1. The van der Waals surface area contributed by atoms with Crippen LogP contribution in [0.25, 0.3) is 10.1 Å². The lowest BCUT2D eigenvalue weighted by atomic mass is 10.1. The molecule has 0 aliphatic carbocycles. The number of carbonyl (C=O) groups is 2. The first-order valence-corrected chi connectivity index (χ1v) is 12.8. The maximum atomic E-state index is 13.3. The first-order chi connectivity index (χ1) is 16.7. The van der Waals surface area contributed by atoms with E-state index in [1.807, 2.05) is 6.07 Å². The summed E-state index contributed by atoms with van der Waals surface area (Å²) in [6, 6.07) is 19.0. The van der Waals surface area contributed by atoms with Gasteiger partial charge in [0.05, 0.1) is 12.0 Å². The Bertz CT molecular complexity index is 1470. The number of thiophene rings is 1. The molecule has 4 rings (SSSR count). The highest BCUT2D eigenvalue weighted by molar-refractivity contribution is 7.89. The highest BCUT2D eigenvalue weighted by Crippen LogP contribution is 2.28. The molecule has 1 aromatic heterocycles. The van der Waals surface area contributed by atoms with Crippen molar-refractivity contribution in [3.05, 3.63) is 95.1 Å². The number of sulfonamides is 1. The Balaban J connectivity index is 1.59. The lowest BCUT2D eigenvalue weighted by Crippen LogP contribution is -2.45. The second-order valence-electron chi connectivity index (χ2n) is 7.66. The lowest BCUT2D eigenvalue weighted by molar-refractivity contribution is -0.117. The van der Waals surface area contributed by atoms with Crippen molar-refractivity contribution in [1.29, 1.82) is 0 Å². The van der Waals surface area contributed by atoms with Crippen molar-refractivity contribution >= 4 is 49.0 Å². The zero-order valence-corrected chi connectivity index (χ0v) is 20.2. The van der Waals surface area contributed by atoms with E-state index in [9.17, 15) is 22.4 Å². The number of methoxy groups -OCH3 is 1. The first kappa shape index (κ1) is 24.5. The third kappa shape index (κ3) is 5.91. The number of nitrogens with one attached hydrogen (secondary N) is 2. The number of hydrogen-bond donors (Lipinski definition) is 2. The minimum Gasteiger partial charge on any atom is -0.465 e. The van der Waals surface area contributed by atoms with Crippen LogP contribution in [0, 0.1) is 5.82 Å². The Kier molecular flexibility index (Phi) is 7.25. The van der Waals surface area contributed by atoms with Crippen LogP contribution in [0.15, 0.2) is 83.8 Å². The fourth-order valence-electron chi connectivity index (χ4n) is 3.46. The van der Waals surface area contributed by atoms with Gasteiger partial charge >= 0.3 is 5.97 Å². The van der Waals surface area contributed by atoms with Gasteiger partial charge in [0, 0.05) is 10.4 Å². The van der Waals surface area contributed by atoms with Crippen molar-refractivity contribution in [3.63, 3.8) is 0 Å². The van der Waals surface area contributed by atoms with Gasteiger partial charge in [-0.25, -0.2) is 17.6 Å². The zero-order valence-electron chi connectivity index (χ0n) is 18.5. The third-order valence-electron chi connectivity index (χ3n) is 5.19. The highest BCUT2D eigenvalue weighted by Gasteiger charge is 2.26. The van der Waals surface area contributed by atoms with E-state index in [4.69, 9.17) is 4.74 Å². The van der Waals surface area contributed by atoms with Gasteiger partial charge in [-0.05, 0) is 65.9 Å². The molecule has 0 saturated heterocycles. The van der Waals surface area contributed by atoms with E-state index in [1.165, 1.54) is 18.4 Å². The van der Waals surface area contributed by atoms with Crippen LogP contribution >= 0.6 is 11.3 Å². The molecule has 0 fully saturated rings. The van der Waals surface area contributed by atoms with Crippen molar-refractivity contribution in [3.8, 4) is 0 Å². The summed E-state index contributed by atoms with van der Waals surface area (Å²) in [5.41, 5.74) is 1.20. The minimum atomic E-state index is -4.10. The van der Waals surface area contributed by atoms with Gasteiger partial charge in [0.25, 0.3) is 0 Å². The second kappa shape index (κ2) is 10.3. The van der Waals surface area contributed by atoms with Crippen LogP contribution in [0.4, 0.5) is 10.1 Å². The van der Waals surface area contributed by atoms with Gasteiger partial charge in [-0.2, -0.15) is 4.72 Å². The van der Waals surface area contributed by atoms with Crippen LogP contribution < -0.4 is 10.0 Å².